The third kappa shape index (κ3) is 5.17. The van der Waals surface area contributed by atoms with E-state index in [0.717, 1.165) is 25.7 Å². The Morgan fingerprint density at radius 3 is 2.32 bits per heavy atom. The number of primary amides is 1. The molecule has 0 heterocycles. The molecule has 0 aromatic heterocycles. The van der Waals surface area contributed by atoms with E-state index < -0.39 is 17.1 Å². The fourth-order valence-electron chi connectivity index (χ4n) is 3.31. The summed E-state index contributed by atoms with van der Waals surface area (Å²) in [7, 11) is 1.39. The minimum Gasteiger partial charge on any atom is -0.469 e. The van der Waals surface area contributed by atoms with Crippen molar-refractivity contribution in [1.29, 1.82) is 0 Å². The quantitative estimate of drug-likeness (QED) is 0.478. The lowest BCUT2D eigenvalue weighted by molar-refractivity contribution is -0.384. The fraction of sp³-hybridized carbons (Fsp3) is 0.529. The van der Waals surface area contributed by atoms with Crippen LogP contribution in [0.5, 0.6) is 0 Å². The van der Waals surface area contributed by atoms with E-state index in [9.17, 15) is 19.7 Å². The third-order valence-corrected chi connectivity index (χ3v) is 4.66. The summed E-state index contributed by atoms with van der Waals surface area (Å²) in [5.41, 5.74) is 5.80. The smallest absolute Gasteiger partial charge is 0.405 e. The number of ether oxygens (including phenoxy) is 2. The Hall–Kier alpha value is -2.64. The summed E-state index contributed by atoms with van der Waals surface area (Å²) in [6.45, 7) is 0. The first kappa shape index (κ1) is 18.7. The predicted molar refractivity (Wildman–Crippen MR) is 88.6 cm³/mol. The molecule has 0 radical (unpaired) electrons. The second-order valence-corrected chi connectivity index (χ2v) is 6.25. The van der Waals surface area contributed by atoms with Crippen LogP contribution in [0.1, 0.15) is 43.8 Å². The van der Waals surface area contributed by atoms with E-state index in [4.69, 9.17) is 15.2 Å². The molecule has 1 aromatic carbocycles. The van der Waals surface area contributed by atoms with Crippen LogP contribution in [0.25, 0.3) is 0 Å². The van der Waals surface area contributed by atoms with E-state index in [1.165, 1.54) is 19.2 Å². The average molecular weight is 350 g/mol. The van der Waals surface area contributed by atoms with Gasteiger partial charge in [-0.05, 0) is 55.7 Å². The maximum atomic E-state index is 11.6. The highest BCUT2D eigenvalue weighted by molar-refractivity contribution is 5.72. The van der Waals surface area contributed by atoms with Crippen molar-refractivity contribution in [2.75, 3.05) is 7.11 Å². The van der Waals surface area contributed by atoms with Crippen molar-refractivity contribution in [3.63, 3.8) is 0 Å². The summed E-state index contributed by atoms with van der Waals surface area (Å²) in [6, 6.07) is 5.90. The zero-order valence-corrected chi connectivity index (χ0v) is 14.1. The van der Waals surface area contributed by atoms with E-state index >= 15 is 0 Å². The Labute approximate surface area is 145 Å². The van der Waals surface area contributed by atoms with Crippen LogP contribution in [0.2, 0.25) is 0 Å². The number of carbonyl (C=O) groups excluding carboxylic acids is 2. The van der Waals surface area contributed by atoms with Crippen LogP contribution in [0.3, 0.4) is 0 Å². The van der Waals surface area contributed by atoms with Gasteiger partial charge >= 0.3 is 12.1 Å². The number of nitrogens with two attached hydrogens (primary N) is 1. The number of nitrogens with zero attached hydrogens (tertiary/aromatic N) is 1. The molecule has 8 heteroatoms. The molecule has 8 nitrogen and oxygen atoms in total. The summed E-state index contributed by atoms with van der Waals surface area (Å²) in [5.74, 6) is 0.0235. The summed E-state index contributed by atoms with van der Waals surface area (Å²) >= 11 is 0. The van der Waals surface area contributed by atoms with Crippen LogP contribution >= 0.6 is 0 Å². The number of methoxy groups -OCH3 is 1. The highest BCUT2D eigenvalue weighted by Gasteiger charge is 2.29. The monoisotopic (exact) mass is 350 g/mol. The SMILES string of the molecule is COC(=O)C1CCC(CC(OC(N)=O)c2ccc([N+](=O)[O-])cc2)CC1. The van der Waals surface area contributed by atoms with Crippen molar-refractivity contribution in [2.45, 2.75) is 38.2 Å². The van der Waals surface area contributed by atoms with Crippen molar-refractivity contribution < 1.29 is 24.0 Å². The second-order valence-electron chi connectivity index (χ2n) is 6.25. The number of esters is 1. The number of amides is 1. The van der Waals surface area contributed by atoms with Crippen molar-refractivity contribution in [2.24, 2.45) is 17.6 Å². The summed E-state index contributed by atoms with van der Waals surface area (Å²) in [6.07, 6.45) is 2.25. The molecule has 1 aliphatic rings. The molecular formula is C17H22N2O6. The molecule has 0 spiro atoms. The molecule has 1 saturated carbocycles. The van der Waals surface area contributed by atoms with Gasteiger partial charge in [-0.15, -0.1) is 0 Å². The summed E-state index contributed by atoms with van der Waals surface area (Å²) in [4.78, 5) is 33.1. The molecule has 1 unspecified atom stereocenters. The lowest BCUT2D eigenvalue weighted by Crippen LogP contribution is -2.25. The number of non-ortho nitro benzene ring substituents is 1. The average Bonchev–Trinajstić information content (AvgIpc) is 2.61. The molecule has 2 rings (SSSR count). The van der Waals surface area contributed by atoms with Gasteiger partial charge in [-0.25, -0.2) is 4.79 Å². The molecule has 0 bridgehead atoms. The van der Waals surface area contributed by atoms with E-state index in [-0.39, 0.29) is 23.5 Å². The summed E-state index contributed by atoms with van der Waals surface area (Å²) in [5, 5.41) is 10.7. The molecule has 1 fully saturated rings. The van der Waals surface area contributed by atoms with E-state index in [2.05, 4.69) is 0 Å². The van der Waals surface area contributed by atoms with Gasteiger partial charge in [0.1, 0.15) is 6.10 Å². The van der Waals surface area contributed by atoms with Crippen molar-refractivity contribution in [3.05, 3.63) is 39.9 Å². The lowest BCUT2D eigenvalue weighted by Gasteiger charge is -2.29. The first-order chi connectivity index (χ1) is 11.9. The largest absolute Gasteiger partial charge is 0.469 e. The van der Waals surface area contributed by atoms with Crippen LogP contribution < -0.4 is 5.73 Å². The molecule has 2 N–H and O–H groups in total. The number of benzene rings is 1. The molecule has 0 aliphatic heterocycles. The number of nitro benzene ring substituents is 1. The number of hydrogen-bond donors (Lipinski definition) is 1. The van der Waals surface area contributed by atoms with Gasteiger partial charge < -0.3 is 15.2 Å². The normalized spacial score (nSPS) is 21.2. The molecular weight excluding hydrogens is 328 g/mol. The Morgan fingerprint density at radius 2 is 1.84 bits per heavy atom. The molecule has 1 amide bonds. The molecule has 1 aromatic rings. The number of hydrogen-bond acceptors (Lipinski definition) is 6. The highest BCUT2D eigenvalue weighted by Crippen LogP contribution is 2.36. The fourth-order valence-corrected chi connectivity index (χ4v) is 3.31. The number of rotatable bonds is 6. The Morgan fingerprint density at radius 1 is 1.24 bits per heavy atom. The van der Waals surface area contributed by atoms with Gasteiger partial charge in [0.15, 0.2) is 0 Å². The van der Waals surface area contributed by atoms with Crippen LogP contribution in [0, 0.1) is 22.0 Å². The van der Waals surface area contributed by atoms with Gasteiger partial charge in [-0.2, -0.15) is 0 Å². The van der Waals surface area contributed by atoms with Gasteiger partial charge in [0.05, 0.1) is 18.0 Å². The van der Waals surface area contributed by atoms with Gasteiger partial charge in [0.2, 0.25) is 0 Å². The van der Waals surface area contributed by atoms with Crippen LogP contribution in [0.4, 0.5) is 10.5 Å². The molecule has 0 saturated heterocycles. The summed E-state index contributed by atoms with van der Waals surface area (Å²) < 4.78 is 9.99. The third-order valence-electron chi connectivity index (χ3n) is 4.66. The Balaban J connectivity index is 2.02. The van der Waals surface area contributed by atoms with E-state index in [1.807, 2.05) is 0 Å². The Kier molecular flexibility index (Phi) is 6.32. The Bertz CT molecular complexity index is 623. The predicted octanol–water partition coefficient (Wildman–Crippen LogP) is 3.10. The van der Waals surface area contributed by atoms with Crippen LogP contribution in [0.15, 0.2) is 24.3 Å². The maximum Gasteiger partial charge on any atom is 0.405 e. The molecule has 136 valence electrons. The van der Waals surface area contributed by atoms with Crippen LogP contribution in [-0.4, -0.2) is 24.1 Å². The molecule has 1 atom stereocenters. The topological polar surface area (TPSA) is 122 Å². The van der Waals surface area contributed by atoms with Crippen LogP contribution in [-0.2, 0) is 14.3 Å². The zero-order chi connectivity index (χ0) is 18.4. The second kappa shape index (κ2) is 8.46. The van der Waals surface area contributed by atoms with Crippen molar-refractivity contribution in [3.8, 4) is 0 Å². The number of carbonyl (C=O) groups is 2. The first-order valence-corrected chi connectivity index (χ1v) is 8.19. The molecule has 1 aliphatic carbocycles. The maximum absolute atomic E-state index is 11.6. The standard InChI is InChI=1S/C17H22N2O6/c1-24-16(20)13-4-2-11(3-5-13)10-15(25-17(18)21)12-6-8-14(9-7-12)19(22)23/h6-9,11,13,15H,2-5,10H2,1H3,(H2,18,21). The van der Waals surface area contributed by atoms with Crippen molar-refractivity contribution >= 4 is 17.7 Å². The van der Waals surface area contributed by atoms with Crippen molar-refractivity contribution in [1.82, 2.24) is 0 Å². The zero-order valence-electron chi connectivity index (χ0n) is 14.1. The van der Waals surface area contributed by atoms with E-state index in [0.29, 0.717) is 12.0 Å². The van der Waals surface area contributed by atoms with E-state index in [1.54, 1.807) is 12.1 Å². The minimum absolute atomic E-state index is 0.0276. The highest BCUT2D eigenvalue weighted by atomic mass is 16.6. The lowest BCUT2D eigenvalue weighted by atomic mass is 9.79. The van der Waals surface area contributed by atoms with Gasteiger partial charge in [0, 0.05) is 12.1 Å². The van der Waals surface area contributed by atoms with Gasteiger partial charge in [-0.1, -0.05) is 0 Å². The molecule has 25 heavy (non-hydrogen) atoms. The van der Waals surface area contributed by atoms with Gasteiger partial charge in [-0.3, -0.25) is 14.9 Å². The number of nitro groups is 1. The van der Waals surface area contributed by atoms with Gasteiger partial charge in [0.25, 0.3) is 5.69 Å². The minimum atomic E-state index is -0.883. The first-order valence-electron chi connectivity index (χ1n) is 8.19.